The van der Waals surface area contributed by atoms with E-state index in [0.29, 0.717) is 41.8 Å². The van der Waals surface area contributed by atoms with E-state index in [1.165, 1.54) is 12.1 Å². The Morgan fingerprint density at radius 2 is 2.13 bits per heavy atom. The molecule has 3 aromatic rings. The fourth-order valence-electron chi connectivity index (χ4n) is 3.72. The van der Waals surface area contributed by atoms with Crippen molar-refractivity contribution in [2.75, 3.05) is 23.4 Å². The van der Waals surface area contributed by atoms with Crippen LogP contribution < -0.4 is 19.7 Å². The number of amides is 1. The van der Waals surface area contributed by atoms with Gasteiger partial charge in [0, 0.05) is 19.0 Å². The van der Waals surface area contributed by atoms with Crippen molar-refractivity contribution in [3.8, 4) is 11.5 Å². The molecule has 154 valence electrons. The highest BCUT2D eigenvalue weighted by Crippen LogP contribution is 2.41. The maximum Gasteiger partial charge on any atom is 0.262 e. The van der Waals surface area contributed by atoms with Gasteiger partial charge in [-0.1, -0.05) is 17.7 Å². The van der Waals surface area contributed by atoms with E-state index in [-0.39, 0.29) is 24.4 Å². The number of hydrogen-bond acceptors (Lipinski definition) is 6. The Bertz CT molecular complexity index is 1110. The van der Waals surface area contributed by atoms with Gasteiger partial charge in [-0.25, -0.2) is 4.39 Å². The predicted octanol–water partition coefficient (Wildman–Crippen LogP) is 2.94. The highest BCUT2D eigenvalue weighted by molar-refractivity contribution is 6.35. The van der Waals surface area contributed by atoms with E-state index in [4.69, 9.17) is 21.1 Å². The lowest BCUT2D eigenvalue weighted by atomic mass is 10.0. The van der Waals surface area contributed by atoms with Crippen molar-refractivity contribution in [3.63, 3.8) is 0 Å². The number of aromatic nitrogens is 3. The molecule has 1 amide bonds. The molecule has 5 rings (SSSR count). The second-order valence-corrected chi connectivity index (χ2v) is 7.50. The molecule has 8 nitrogen and oxygen atoms in total. The maximum absolute atomic E-state index is 13.7. The first-order chi connectivity index (χ1) is 14.6. The van der Waals surface area contributed by atoms with Crippen LogP contribution in [0.25, 0.3) is 0 Å². The third-order valence-electron chi connectivity index (χ3n) is 5.16. The van der Waals surface area contributed by atoms with Crippen molar-refractivity contribution in [2.24, 2.45) is 0 Å². The number of ether oxygens (including phenoxy) is 2. The number of carbonyl (C=O) groups is 1. The van der Waals surface area contributed by atoms with Crippen molar-refractivity contribution < 1.29 is 18.7 Å². The van der Waals surface area contributed by atoms with Gasteiger partial charge in [-0.3, -0.25) is 4.79 Å². The van der Waals surface area contributed by atoms with E-state index < -0.39 is 0 Å². The molecule has 1 unspecified atom stereocenters. The number of anilines is 2. The number of nitrogens with zero attached hydrogens (tertiary/aromatic N) is 3. The number of carbonyl (C=O) groups excluding carboxylic acids is 1. The molecule has 0 aliphatic carbocycles. The average Bonchev–Trinajstić information content (AvgIpc) is 3.25. The summed E-state index contributed by atoms with van der Waals surface area (Å²) >= 11 is 6.61. The van der Waals surface area contributed by atoms with Crippen LogP contribution in [0.1, 0.15) is 11.3 Å². The largest absolute Gasteiger partial charge is 0.489 e. The SMILES string of the molecule is O=C1COc2ccc(CN3c4ccc(F)cc4OCC3Cc3cn[nH]n3)c(Cl)c2N1. The smallest absolute Gasteiger partial charge is 0.262 e. The Kier molecular flexibility index (Phi) is 4.66. The molecule has 1 atom stereocenters. The van der Waals surface area contributed by atoms with Crippen molar-refractivity contribution in [1.82, 2.24) is 15.4 Å². The summed E-state index contributed by atoms with van der Waals surface area (Å²) in [5, 5.41) is 13.8. The molecular formula is C20H17ClFN5O3. The van der Waals surface area contributed by atoms with Crippen LogP contribution in [0.3, 0.4) is 0 Å². The lowest BCUT2D eigenvalue weighted by Gasteiger charge is -2.39. The van der Waals surface area contributed by atoms with Crippen LogP contribution in [0.2, 0.25) is 5.02 Å². The second kappa shape index (κ2) is 7.49. The summed E-state index contributed by atoms with van der Waals surface area (Å²) in [6, 6.07) is 8.04. The maximum atomic E-state index is 13.7. The summed E-state index contributed by atoms with van der Waals surface area (Å²) in [4.78, 5) is 13.8. The Hall–Kier alpha value is -3.33. The van der Waals surface area contributed by atoms with E-state index in [9.17, 15) is 9.18 Å². The minimum atomic E-state index is -0.365. The van der Waals surface area contributed by atoms with Gasteiger partial charge in [0.1, 0.15) is 29.6 Å². The molecule has 2 aliphatic rings. The summed E-state index contributed by atoms with van der Waals surface area (Å²) < 4.78 is 25.0. The molecule has 2 N–H and O–H groups in total. The van der Waals surface area contributed by atoms with Crippen molar-refractivity contribution in [1.29, 1.82) is 0 Å². The first-order valence-corrected chi connectivity index (χ1v) is 9.74. The quantitative estimate of drug-likeness (QED) is 0.662. The van der Waals surface area contributed by atoms with E-state index in [1.54, 1.807) is 18.3 Å². The zero-order valence-corrected chi connectivity index (χ0v) is 16.4. The van der Waals surface area contributed by atoms with E-state index >= 15 is 0 Å². The lowest BCUT2D eigenvalue weighted by Crippen LogP contribution is -2.44. The number of hydrogen-bond donors (Lipinski definition) is 2. The highest BCUT2D eigenvalue weighted by atomic mass is 35.5. The van der Waals surface area contributed by atoms with Gasteiger partial charge in [-0.05, 0) is 23.8 Å². The number of halogens is 2. The topological polar surface area (TPSA) is 92.4 Å². The number of benzene rings is 2. The number of fused-ring (bicyclic) bond motifs is 2. The first-order valence-electron chi connectivity index (χ1n) is 9.36. The Morgan fingerprint density at radius 3 is 2.97 bits per heavy atom. The molecule has 10 heteroatoms. The highest BCUT2D eigenvalue weighted by Gasteiger charge is 2.30. The zero-order valence-electron chi connectivity index (χ0n) is 15.7. The standard InChI is InChI=1S/C20H17ClFN5O3/c21-19-11(1-4-16-20(19)24-18(28)10-30-16)8-27-14(6-13-7-23-26-25-13)9-29-17-5-12(22)2-3-15(17)27/h1-5,7,14H,6,8-10H2,(H,24,28)(H,23,25,26). The Morgan fingerprint density at radius 1 is 1.23 bits per heavy atom. The lowest BCUT2D eigenvalue weighted by molar-refractivity contribution is -0.118. The normalized spacial score (nSPS) is 17.5. The van der Waals surface area contributed by atoms with Crippen LogP contribution in [-0.2, 0) is 17.8 Å². The van der Waals surface area contributed by atoms with Gasteiger partial charge in [0.25, 0.3) is 5.91 Å². The molecule has 0 fully saturated rings. The average molecular weight is 430 g/mol. The molecule has 30 heavy (non-hydrogen) atoms. The molecule has 0 spiro atoms. The monoisotopic (exact) mass is 429 g/mol. The van der Waals surface area contributed by atoms with Gasteiger partial charge in [0.2, 0.25) is 0 Å². The molecule has 2 aromatic carbocycles. The van der Waals surface area contributed by atoms with Crippen LogP contribution in [0, 0.1) is 5.82 Å². The summed E-state index contributed by atoms with van der Waals surface area (Å²) in [6.45, 7) is 0.739. The Labute approximate surface area is 175 Å². The molecule has 0 bridgehead atoms. The van der Waals surface area contributed by atoms with Crippen LogP contribution in [0.5, 0.6) is 11.5 Å². The zero-order chi connectivity index (χ0) is 20.7. The second-order valence-electron chi connectivity index (χ2n) is 7.12. The molecular weight excluding hydrogens is 413 g/mol. The summed E-state index contributed by atoms with van der Waals surface area (Å²) in [6.07, 6.45) is 2.24. The predicted molar refractivity (Wildman–Crippen MR) is 108 cm³/mol. The van der Waals surface area contributed by atoms with Gasteiger partial charge in [-0.2, -0.15) is 15.4 Å². The molecule has 1 aromatic heterocycles. The van der Waals surface area contributed by atoms with Crippen LogP contribution in [-0.4, -0.2) is 40.6 Å². The molecule has 3 heterocycles. The fraction of sp³-hybridized carbons (Fsp3) is 0.250. The molecule has 2 aliphatic heterocycles. The number of aromatic amines is 1. The first kappa shape index (κ1) is 18.7. The van der Waals surface area contributed by atoms with Gasteiger partial charge in [0.05, 0.1) is 28.6 Å². The van der Waals surface area contributed by atoms with E-state index in [2.05, 4.69) is 25.6 Å². The number of rotatable bonds is 4. The van der Waals surface area contributed by atoms with Crippen molar-refractivity contribution in [2.45, 2.75) is 19.0 Å². The minimum absolute atomic E-state index is 0.0369. The van der Waals surface area contributed by atoms with Crippen LogP contribution in [0.15, 0.2) is 36.5 Å². The van der Waals surface area contributed by atoms with E-state index in [1.807, 2.05) is 6.07 Å². The van der Waals surface area contributed by atoms with Gasteiger partial charge in [0.15, 0.2) is 6.61 Å². The summed E-state index contributed by atoms with van der Waals surface area (Å²) in [5.74, 6) is 0.386. The molecule has 0 radical (unpaired) electrons. The molecule has 0 saturated carbocycles. The van der Waals surface area contributed by atoms with E-state index in [0.717, 1.165) is 16.9 Å². The number of nitrogens with one attached hydrogen (secondary N) is 2. The minimum Gasteiger partial charge on any atom is -0.489 e. The van der Waals surface area contributed by atoms with Crippen molar-refractivity contribution >= 4 is 28.9 Å². The summed E-state index contributed by atoms with van der Waals surface area (Å²) in [5.41, 5.74) is 2.80. The number of H-pyrrole nitrogens is 1. The van der Waals surface area contributed by atoms with Crippen LogP contribution in [0.4, 0.5) is 15.8 Å². The third kappa shape index (κ3) is 3.41. The van der Waals surface area contributed by atoms with Crippen LogP contribution >= 0.6 is 11.6 Å². The van der Waals surface area contributed by atoms with Gasteiger partial charge in [-0.15, -0.1) is 0 Å². The van der Waals surface area contributed by atoms with Gasteiger partial charge >= 0.3 is 0 Å². The fourth-order valence-corrected chi connectivity index (χ4v) is 3.99. The molecule has 0 saturated heterocycles. The third-order valence-corrected chi connectivity index (χ3v) is 5.59. The Balaban J connectivity index is 1.51. The summed E-state index contributed by atoms with van der Waals surface area (Å²) in [7, 11) is 0. The van der Waals surface area contributed by atoms with Crippen molar-refractivity contribution in [3.05, 3.63) is 58.6 Å². The van der Waals surface area contributed by atoms with Gasteiger partial charge < -0.3 is 19.7 Å².